The molecule has 0 N–H and O–H groups in total. The van der Waals surface area contributed by atoms with Gasteiger partial charge in [-0.1, -0.05) is 60.1 Å². The van der Waals surface area contributed by atoms with Crippen molar-refractivity contribution in [2.24, 2.45) is 5.92 Å². The lowest BCUT2D eigenvalue weighted by molar-refractivity contribution is -0.130. The molecule has 1 saturated heterocycles. The van der Waals surface area contributed by atoms with Crippen molar-refractivity contribution in [2.75, 3.05) is 9.80 Å². The number of hydrogen-bond donors (Lipinski definition) is 0. The molecule has 0 unspecified atom stereocenters. The molecular formula is C29H25ClN2O5. The molecule has 2 aliphatic heterocycles. The Bertz CT molecular complexity index is 1410. The molecule has 2 heterocycles. The highest BCUT2D eigenvalue weighted by molar-refractivity contribution is 6.31. The fraction of sp³-hybridized carbons (Fsp3) is 0.241. The molecule has 37 heavy (non-hydrogen) atoms. The van der Waals surface area contributed by atoms with Gasteiger partial charge in [-0.2, -0.15) is 0 Å². The van der Waals surface area contributed by atoms with Gasteiger partial charge in [-0.25, -0.2) is 9.69 Å². The number of para-hydroxylation sites is 1. The summed E-state index contributed by atoms with van der Waals surface area (Å²) < 4.78 is 5.58. The Morgan fingerprint density at radius 2 is 1.54 bits per heavy atom. The van der Waals surface area contributed by atoms with Crippen molar-refractivity contribution in [1.82, 2.24) is 0 Å². The van der Waals surface area contributed by atoms with Crippen molar-refractivity contribution in [3.8, 4) is 0 Å². The molecule has 4 amide bonds. The van der Waals surface area contributed by atoms with E-state index in [1.165, 1.54) is 0 Å². The van der Waals surface area contributed by atoms with Crippen LogP contribution in [0.2, 0.25) is 5.02 Å². The van der Waals surface area contributed by atoms with Gasteiger partial charge in [-0.3, -0.25) is 19.3 Å². The molecule has 0 aliphatic carbocycles. The standard InChI is InChI=1S/C29H25ClN2O5/c1-28(2,3)37-27(36)32-23-12-8-7-11-21(23)29(26(32)35,18-9-5-4-6-10-18)22-17-24(33)31(25(22)34)20-15-13-19(30)14-16-20/h4-16,22H,17H2,1-3H3/t22-,29-/m1/s1. The molecule has 2 atom stereocenters. The summed E-state index contributed by atoms with van der Waals surface area (Å²) in [5, 5.41) is 0.466. The second-order valence-electron chi connectivity index (χ2n) is 10.1. The molecule has 5 rings (SSSR count). The highest BCUT2D eigenvalue weighted by atomic mass is 35.5. The van der Waals surface area contributed by atoms with Gasteiger partial charge in [0.2, 0.25) is 11.8 Å². The minimum Gasteiger partial charge on any atom is -0.443 e. The van der Waals surface area contributed by atoms with Gasteiger partial charge in [-0.15, -0.1) is 0 Å². The van der Waals surface area contributed by atoms with E-state index in [0.29, 0.717) is 27.5 Å². The summed E-state index contributed by atoms with van der Waals surface area (Å²) in [6, 6.07) is 22.0. The molecule has 0 saturated carbocycles. The van der Waals surface area contributed by atoms with E-state index in [9.17, 15) is 19.2 Å². The summed E-state index contributed by atoms with van der Waals surface area (Å²) in [6.07, 6.45) is -1.05. The van der Waals surface area contributed by atoms with E-state index in [0.717, 1.165) is 9.80 Å². The zero-order valence-corrected chi connectivity index (χ0v) is 21.4. The number of nitrogens with zero attached hydrogens (tertiary/aromatic N) is 2. The van der Waals surface area contributed by atoms with Gasteiger partial charge in [0.1, 0.15) is 11.0 Å². The molecule has 7 nitrogen and oxygen atoms in total. The van der Waals surface area contributed by atoms with Crippen LogP contribution in [0.3, 0.4) is 0 Å². The van der Waals surface area contributed by atoms with Gasteiger partial charge in [0, 0.05) is 11.4 Å². The Kier molecular flexibility index (Phi) is 5.91. The Morgan fingerprint density at radius 3 is 2.19 bits per heavy atom. The van der Waals surface area contributed by atoms with Crippen LogP contribution in [0.25, 0.3) is 0 Å². The molecule has 0 radical (unpaired) electrons. The summed E-state index contributed by atoms with van der Waals surface area (Å²) in [5.41, 5.74) is -0.773. The molecule has 8 heteroatoms. The minimum atomic E-state index is -1.61. The monoisotopic (exact) mass is 516 g/mol. The number of carbonyl (C=O) groups is 4. The van der Waals surface area contributed by atoms with Crippen molar-refractivity contribution in [3.05, 3.63) is 95.0 Å². The first-order valence-electron chi connectivity index (χ1n) is 11.9. The number of halogens is 1. The third-order valence-corrected chi connectivity index (χ3v) is 6.92. The van der Waals surface area contributed by atoms with Crippen molar-refractivity contribution in [1.29, 1.82) is 0 Å². The van der Waals surface area contributed by atoms with Crippen LogP contribution in [0.1, 0.15) is 38.3 Å². The zero-order valence-electron chi connectivity index (χ0n) is 20.6. The van der Waals surface area contributed by atoms with Crippen LogP contribution in [-0.2, 0) is 24.5 Å². The van der Waals surface area contributed by atoms with Gasteiger partial charge < -0.3 is 4.74 Å². The summed E-state index contributed by atoms with van der Waals surface area (Å²) in [6.45, 7) is 5.14. The quantitative estimate of drug-likeness (QED) is 0.430. The predicted octanol–water partition coefficient (Wildman–Crippen LogP) is 5.49. The second kappa shape index (κ2) is 8.85. The zero-order chi connectivity index (χ0) is 26.5. The Hall–Kier alpha value is -3.97. The lowest BCUT2D eigenvalue weighted by Gasteiger charge is -2.33. The molecule has 0 bridgehead atoms. The molecule has 188 valence electrons. The first kappa shape index (κ1) is 24.7. The van der Waals surface area contributed by atoms with Crippen LogP contribution in [0.5, 0.6) is 0 Å². The smallest absolute Gasteiger partial charge is 0.421 e. The molecule has 3 aromatic rings. The molecule has 0 spiro atoms. The van der Waals surface area contributed by atoms with Gasteiger partial charge >= 0.3 is 6.09 Å². The van der Waals surface area contributed by atoms with E-state index in [1.807, 2.05) is 0 Å². The maximum Gasteiger partial charge on any atom is 0.421 e. The van der Waals surface area contributed by atoms with Crippen LogP contribution in [0.15, 0.2) is 78.9 Å². The molecule has 1 fully saturated rings. The van der Waals surface area contributed by atoms with Gasteiger partial charge in [0.05, 0.1) is 17.3 Å². The lowest BCUT2D eigenvalue weighted by Crippen LogP contribution is -2.51. The van der Waals surface area contributed by atoms with E-state index in [1.54, 1.807) is 99.6 Å². The number of benzene rings is 3. The van der Waals surface area contributed by atoms with Crippen LogP contribution in [0.4, 0.5) is 16.2 Å². The molecule has 2 aliphatic rings. The van der Waals surface area contributed by atoms with Crippen molar-refractivity contribution in [3.63, 3.8) is 0 Å². The Labute approximate surface area is 219 Å². The predicted molar refractivity (Wildman–Crippen MR) is 139 cm³/mol. The molecular weight excluding hydrogens is 492 g/mol. The SMILES string of the molecule is CC(C)(C)OC(=O)N1C(=O)[C@@](c2ccccc2)([C@@H]2CC(=O)N(c3ccc(Cl)cc3)C2=O)c2ccccc21. The fourth-order valence-corrected chi connectivity index (χ4v) is 5.37. The molecule has 3 aromatic carbocycles. The normalized spacial score (nSPS) is 21.4. The first-order chi connectivity index (χ1) is 17.6. The van der Waals surface area contributed by atoms with E-state index in [4.69, 9.17) is 16.3 Å². The van der Waals surface area contributed by atoms with Crippen LogP contribution >= 0.6 is 11.6 Å². The van der Waals surface area contributed by atoms with Gasteiger partial charge in [0.15, 0.2) is 0 Å². The number of hydrogen-bond acceptors (Lipinski definition) is 5. The minimum absolute atomic E-state index is 0.210. The van der Waals surface area contributed by atoms with Crippen LogP contribution in [-0.4, -0.2) is 29.4 Å². The summed E-state index contributed by atoms with van der Waals surface area (Å²) >= 11 is 6.01. The van der Waals surface area contributed by atoms with Crippen LogP contribution in [0, 0.1) is 5.92 Å². The second-order valence-corrected chi connectivity index (χ2v) is 10.5. The van der Waals surface area contributed by atoms with Crippen molar-refractivity contribution < 1.29 is 23.9 Å². The number of imide groups is 2. The van der Waals surface area contributed by atoms with Crippen molar-refractivity contribution in [2.45, 2.75) is 38.2 Å². The third-order valence-electron chi connectivity index (χ3n) is 6.67. The van der Waals surface area contributed by atoms with E-state index < -0.39 is 40.7 Å². The fourth-order valence-electron chi connectivity index (χ4n) is 5.24. The van der Waals surface area contributed by atoms with E-state index in [-0.39, 0.29) is 6.42 Å². The maximum atomic E-state index is 14.5. The first-order valence-corrected chi connectivity index (χ1v) is 12.3. The van der Waals surface area contributed by atoms with Gasteiger partial charge in [0.25, 0.3) is 5.91 Å². The lowest BCUT2D eigenvalue weighted by atomic mass is 9.65. The average molecular weight is 517 g/mol. The van der Waals surface area contributed by atoms with E-state index in [2.05, 4.69) is 0 Å². The number of fused-ring (bicyclic) bond motifs is 1. The Morgan fingerprint density at radius 1 is 0.919 bits per heavy atom. The number of ether oxygens (including phenoxy) is 1. The number of rotatable bonds is 3. The van der Waals surface area contributed by atoms with Gasteiger partial charge in [-0.05, 0) is 62.2 Å². The molecule has 0 aromatic heterocycles. The number of carbonyl (C=O) groups excluding carboxylic acids is 4. The number of amides is 4. The highest BCUT2D eigenvalue weighted by Gasteiger charge is 2.64. The highest BCUT2D eigenvalue weighted by Crippen LogP contribution is 2.54. The average Bonchev–Trinajstić information content (AvgIpc) is 3.29. The summed E-state index contributed by atoms with van der Waals surface area (Å²) in [7, 11) is 0. The number of anilines is 2. The largest absolute Gasteiger partial charge is 0.443 e. The summed E-state index contributed by atoms with van der Waals surface area (Å²) in [5.74, 6) is -2.67. The van der Waals surface area contributed by atoms with Crippen molar-refractivity contribution >= 4 is 46.8 Å². The summed E-state index contributed by atoms with van der Waals surface area (Å²) in [4.78, 5) is 57.2. The maximum absolute atomic E-state index is 14.5. The van der Waals surface area contributed by atoms with E-state index >= 15 is 0 Å². The topological polar surface area (TPSA) is 84.0 Å². The third kappa shape index (κ3) is 3.90. The van der Waals surface area contributed by atoms with Crippen LogP contribution < -0.4 is 9.80 Å². The Balaban J connectivity index is 1.71.